The molecule has 2 rings (SSSR count). The van der Waals surface area contributed by atoms with Crippen LogP contribution in [0.2, 0.25) is 0 Å². The Hall–Kier alpha value is -1.10. The lowest BCUT2D eigenvalue weighted by Crippen LogP contribution is -2.33. The number of aryl methyl sites for hydroxylation is 1. The summed E-state index contributed by atoms with van der Waals surface area (Å²) in [5.74, 6) is 0.542. The van der Waals surface area contributed by atoms with Gasteiger partial charge in [0.15, 0.2) is 5.96 Å². The first kappa shape index (κ1) is 9.45. The van der Waals surface area contributed by atoms with E-state index in [4.69, 9.17) is 5.73 Å². The fourth-order valence-electron chi connectivity index (χ4n) is 1.11. The van der Waals surface area contributed by atoms with Crippen molar-refractivity contribution in [3.05, 3.63) is 16.1 Å². The van der Waals surface area contributed by atoms with Crippen LogP contribution in [0.25, 0.3) is 0 Å². The third kappa shape index (κ3) is 2.70. The maximum absolute atomic E-state index is 5.69. The van der Waals surface area contributed by atoms with Crippen LogP contribution in [0.15, 0.2) is 10.4 Å². The number of guanidine groups is 1. The van der Waals surface area contributed by atoms with Crippen LogP contribution in [0.4, 0.5) is 0 Å². The molecule has 0 radical (unpaired) electrons. The Kier molecular flexibility index (Phi) is 2.67. The number of hydrogen-bond donors (Lipinski definition) is 2. The Bertz CT molecular complexity index is 340. The van der Waals surface area contributed by atoms with E-state index in [-0.39, 0.29) is 0 Å². The molecule has 4 nitrogen and oxygen atoms in total. The molecule has 0 bridgehead atoms. The van der Waals surface area contributed by atoms with Gasteiger partial charge in [0.1, 0.15) is 5.01 Å². The molecule has 0 unspecified atom stereocenters. The lowest BCUT2D eigenvalue weighted by atomic mass is 10.6. The number of nitrogens with two attached hydrogens (primary N) is 1. The molecule has 1 saturated carbocycles. The highest BCUT2D eigenvalue weighted by molar-refractivity contribution is 7.09. The summed E-state index contributed by atoms with van der Waals surface area (Å²) >= 11 is 1.62. The predicted octanol–water partition coefficient (Wildman–Crippen LogP) is 1.02. The second kappa shape index (κ2) is 3.96. The zero-order valence-corrected chi connectivity index (χ0v) is 8.97. The summed E-state index contributed by atoms with van der Waals surface area (Å²) in [5, 5.41) is 6.18. The standard InChI is InChI=1S/C9H14N4S/c1-6-5-14-8(12-6)4-11-9(10)13-7-2-3-7/h5,7H,2-4H2,1H3,(H3,10,11,13). The third-order valence-corrected chi connectivity index (χ3v) is 2.93. The number of nitrogens with one attached hydrogen (secondary N) is 1. The molecule has 5 heteroatoms. The summed E-state index contributed by atoms with van der Waals surface area (Å²) in [4.78, 5) is 8.52. The van der Waals surface area contributed by atoms with E-state index in [9.17, 15) is 0 Å². The van der Waals surface area contributed by atoms with Crippen LogP contribution < -0.4 is 11.1 Å². The number of aliphatic imine (C=N–C) groups is 1. The maximum atomic E-state index is 5.69. The van der Waals surface area contributed by atoms with Crippen LogP contribution in [0, 0.1) is 6.92 Å². The van der Waals surface area contributed by atoms with Crippen molar-refractivity contribution >= 4 is 17.3 Å². The lowest BCUT2D eigenvalue weighted by molar-refractivity contribution is 0.876. The number of rotatable bonds is 3. The summed E-state index contributed by atoms with van der Waals surface area (Å²) in [6.45, 7) is 2.57. The maximum Gasteiger partial charge on any atom is 0.189 e. The highest BCUT2D eigenvalue weighted by Crippen LogP contribution is 2.18. The summed E-state index contributed by atoms with van der Waals surface area (Å²) < 4.78 is 0. The number of aromatic nitrogens is 1. The molecule has 1 fully saturated rings. The van der Waals surface area contributed by atoms with Crippen molar-refractivity contribution in [1.82, 2.24) is 10.3 Å². The molecule has 14 heavy (non-hydrogen) atoms. The third-order valence-electron chi connectivity index (χ3n) is 1.98. The molecule has 0 spiro atoms. The van der Waals surface area contributed by atoms with Crippen molar-refractivity contribution in [2.24, 2.45) is 10.7 Å². The van der Waals surface area contributed by atoms with E-state index in [1.54, 1.807) is 11.3 Å². The summed E-state index contributed by atoms with van der Waals surface area (Å²) in [5.41, 5.74) is 6.73. The largest absolute Gasteiger partial charge is 0.370 e. The molecule has 0 amide bonds. The van der Waals surface area contributed by atoms with E-state index >= 15 is 0 Å². The molecule has 3 N–H and O–H groups in total. The van der Waals surface area contributed by atoms with Gasteiger partial charge in [-0.1, -0.05) is 0 Å². The molecule has 0 aromatic carbocycles. The zero-order chi connectivity index (χ0) is 9.97. The molecule has 1 aliphatic rings. The second-order valence-electron chi connectivity index (χ2n) is 3.50. The fraction of sp³-hybridized carbons (Fsp3) is 0.556. The Morgan fingerprint density at radius 1 is 1.79 bits per heavy atom. The Balaban J connectivity index is 1.84. The summed E-state index contributed by atoms with van der Waals surface area (Å²) in [6.07, 6.45) is 2.43. The molecule has 0 saturated heterocycles. The molecule has 0 aliphatic heterocycles. The van der Waals surface area contributed by atoms with Crippen molar-refractivity contribution in [3.8, 4) is 0 Å². The van der Waals surface area contributed by atoms with E-state index in [1.807, 2.05) is 12.3 Å². The molecule has 1 aliphatic carbocycles. The first-order valence-electron chi connectivity index (χ1n) is 4.71. The zero-order valence-electron chi connectivity index (χ0n) is 8.16. The van der Waals surface area contributed by atoms with Crippen LogP contribution in [0.1, 0.15) is 23.5 Å². The average molecular weight is 210 g/mol. The van der Waals surface area contributed by atoms with Crippen LogP contribution in [-0.2, 0) is 6.54 Å². The minimum absolute atomic E-state index is 0.542. The molecular weight excluding hydrogens is 196 g/mol. The van der Waals surface area contributed by atoms with Gasteiger partial charge in [-0.3, -0.25) is 0 Å². The van der Waals surface area contributed by atoms with Gasteiger partial charge in [-0.2, -0.15) is 0 Å². The highest BCUT2D eigenvalue weighted by Gasteiger charge is 2.21. The average Bonchev–Trinajstić information content (AvgIpc) is 2.85. The van der Waals surface area contributed by atoms with Gasteiger partial charge in [-0.25, -0.2) is 9.98 Å². The van der Waals surface area contributed by atoms with E-state index < -0.39 is 0 Å². The number of hydrogen-bond acceptors (Lipinski definition) is 3. The molecule has 1 heterocycles. The lowest BCUT2D eigenvalue weighted by Gasteiger charge is -2.01. The first-order chi connectivity index (χ1) is 6.74. The molecule has 76 valence electrons. The van der Waals surface area contributed by atoms with E-state index in [2.05, 4.69) is 15.3 Å². The minimum atomic E-state index is 0.542. The van der Waals surface area contributed by atoms with Gasteiger partial charge in [0.2, 0.25) is 0 Å². The van der Waals surface area contributed by atoms with Crippen LogP contribution in [-0.4, -0.2) is 17.0 Å². The monoisotopic (exact) mass is 210 g/mol. The number of thiazole rings is 1. The second-order valence-corrected chi connectivity index (χ2v) is 4.45. The van der Waals surface area contributed by atoms with Gasteiger partial charge >= 0.3 is 0 Å². The summed E-state index contributed by atoms with van der Waals surface area (Å²) in [6, 6.07) is 0.566. The van der Waals surface area contributed by atoms with Crippen molar-refractivity contribution in [2.75, 3.05) is 0 Å². The fourth-order valence-corrected chi connectivity index (χ4v) is 1.81. The Morgan fingerprint density at radius 2 is 2.57 bits per heavy atom. The van der Waals surface area contributed by atoms with E-state index in [1.165, 1.54) is 12.8 Å². The minimum Gasteiger partial charge on any atom is -0.370 e. The van der Waals surface area contributed by atoms with Crippen molar-refractivity contribution in [2.45, 2.75) is 32.4 Å². The molecular formula is C9H14N4S. The molecule has 1 aromatic rings. The van der Waals surface area contributed by atoms with Crippen LogP contribution >= 0.6 is 11.3 Å². The SMILES string of the molecule is Cc1csc(CN=C(N)NC2CC2)n1. The molecule has 0 atom stereocenters. The van der Waals surface area contributed by atoms with Crippen molar-refractivity contribution in [3.63, 3.8) is 0 Å². The van der Waals surface area contributed by atoms with Crippen molar-refractivity contribution < 1.29 is 0 Å². The highest BCUT2D eigenvalue weighted by atomic mass is 32.1. The Morgan fingerprint density at radius 3 is 3.14 bits per heavy atom. The summed E-state index contributed by atoms with van der Waals surface area (Å²) in [7, 11) is 0. The predicted molar refractivity (Wildman–Crippen MR) is 58.3 cm³/mol. The van der Waals surface area contributed by atoms with Crippen molar-refractivity contribution in [1.29, 1.82) is 0 Å². The molecule has 1 aromatic heterocycles. The van der Waals surface area contributed by atoms with Crippen LogP contribution in [0.3, 0.4) is 0 Å². The smallest absolute Gasteiger partial charge is 0.189 e. The number of nitrogens with zero attached hydrogens (tertiary/aromatic N) is 2. The van der Waals surface area contributed by atoms with Gasteiger partial charge in [0.05, 0.1) is 6.54 Å². The van der Waals surface area contributed by atoms with Gasteiger partial charge in [0, 0.05) is 17.1 Å². The van der Waals surface area contributed by atoms with Crippen LogP contribution in [0.5, 0.6) is 0 Å². The quantitative estimate of drug-likeness (QED) is 0.578. The van der Waals surface area contributed by atoms with Gasteiger partial charge < -0.3 is 11.1 Å². The van der Waals surface area contributed by atoms with Gasteiger partial charge in [0.25, 0.3) is 0 Å². The van der Waals surface area contributed by atoms with E-state index in [0.29, 0.717) is 18.5 Å². The Labute approximate surface area is 87.3 Å². The van der Waals surface area contributed by atoms with Gasteiger partial charge in [-0.15, -0.1) is 11.3 Å². The first-order valence-corrected chi connectivity index (χ1v) is 5.59. The normalized spacial score (nSPS) is 17.1. The van der Waals surface area contributed by atoms with Gasteiger partial charge in [-0.05, 0) is 19.8 Å². The topological polar surface area (TPSA) is 63.3 Å². The van der Waals surface area contributed by atoms with E-state index in [0.717, 1.165) is 10.7 Å².